The van der Waals surface area contributed by atoms with Crippen LogP contribution in [0.2, 0.25) is 0 Å². The summed E-state index contributed by atoms with van der Waals surface area (Å²) < 4.78 is 0. The van der Waals surface area contributed by atoms with Crippen LogP contribution in [0.4, 0.5) is 11.4 Å². The Morgan fingerprint density at radius 2 is 2.20 bits per heavy atom. The number of thiophene rings is 1. The van der Waals surface area contributed by atoms with E-state index in [1.165, 1.54) is 18.2 Å². The van der Waals surface area contributed by atoms with Crippen molar-refractivity contribution in [1.29, 1.82) is 0 Å². The topological polar surface area (TPSA) is 83.7 Å². The zero-order valence-corrected chi connectivity index (χ0v) is 11.5. The van der Waals surface area contributed by atoms with Crippen LogP contribution >= 0.6 is 11.3 Å². The normalized spacial score (nSPS) is 10.2. The first-order valence-corrected chi connectivity index (χ1v) is 6.62. The zero-order valence-electron chi connectivity index (χ0n) is 10.6. The highest BCUT2D eigenvalue weighted by Crippen LogP contribution is 2.30. The van der Waals surface area contributed by atoms with E-state index >= 15 is 0 Å². The summed E-state index contributed by atoms with van der Waals surface area (Å²) >= 11 is 1.54. The van der Waals surface area contributed by atoms with E-state index in [2.05, 4.69) is 0 Å². The molecule has 0 fully saturated rings. The summed E-state index contributed by atoms with van der Waals surface area (Å²) in [6.07, 6.45) is 0. The van der Waals surface area contributed by atoms with E-state index in [0.717, 1.165) is 4.88 Å². The van der Waals surface area contributed by atoms with Gasteiger partial charge in [0.1, 0.15) is 5.69 Å². The molecule has 2 aromatic rings. The molecular formula is C13H12N2O4S. The highest BCUT2D eigenvalue weighted by Gasteiger charge is 2.19. The molecule has 0 amide bonds. The Morgan fingerprint density at radius 3 is 2.75 bits per heavy atom. The Hall–Kier alpha value is -2.41. The SMILES string of the molecule is CN(Cc1cccs1)c1cc(C(=O)O)ccc1[N+](=O)[O-]. The molecule has 0 bridgehead atoms. The van der Waals surface area contributed by atoms with E-state index in [4.69, 9.17) is 5.11 Å². The highest BCUT2D eigenvalue weighted by atomic mass is 32.1. The maximum absolute atomic E-state index is 11.0. The minimum Gasteiger partial charge on any atom is -0.478 e. The van der Waals surface area contributed by atoms with Crippen molar-refractivity contribution in [2.24, 2.45) is 0 Å². The smallest absolute Gasteiger partial charge is 0.335 e. The molecule has 2 rings (SSSR count). The van der Waals surface area contributed by atoms with Gasteiger partial charge in [0, 0.05) is 18.0 Å². The molecule has 1 heterocycles. The van der Waals surface area contributed by atoms with Crippen LogP contribution in [-0.4, -0.2) is 23.0 Å². The van der Waals surface area contributed by atoms with Crippen LogP contribution in [0.3, 0.4) is 0 Å². The number of nitro groups is 1. The van der Waals surface area contributed by atoms with Crippen LogP contribution in [-0.2, 0) is 6.54 Å². The zero-order chi connectivity index (χ0) is 14.7. The summed E-state index contributed by atoms with van der Waals surface area (Å²) in [5.41, 5.74) is 0.223. The molecule has 0 aliphatic heterocycles. The standard InChI is InChI=1S/C13H12N2O4S/c1-14(8-10-3-2-6-20-10)12-7-9(13(16)17)4-5-11(12)15(18)19/h2-7H,8H2,1H3,(H,16,17). The number of aromatic carboxylic acids is 1. The van der Waals surface area contributed by atoms with Crippen molar-refractivity contribution in [2.45, 2.75) is 6.54 Å². The molecule has 6 nitrogen and oxygen atoms in total. The fourth-order valence-corrected chi connectivity index (χ4v) is 2.60. The largest absolute Gasteiger partial charge is 0.478 e. The first kappa shape index (κ1) is 14.0. The molecule has 1 aromatic heterocycles. The van der Waals surface area contributed by atoms with Crippen molar-refractivity contribution in [2.75, 3.05) is 11.9 Å². The van der Waals surface area contributed by atoms with Gasteiger partial charge in [-0.05, 0) is 23.6 Å². The number of carboxylic acid groups (broad SMARTS) is 1. The lowest BCUT2D eigenvalue weighted by molar-refractivity contribution is -0.384. The number of anilines is 1. The number of nitro benzene ring substituents is 1. The average Bonchev–Trinajstić information content (AvgIpc) is 2.90. The minimum absolute atomic E-state index is 0.0311. The number of carbonyl (C=O) groups is 1. The van der Waals surface area contributed by atoms with E-state index in [0.29, 0.717) is 12.2 Å². The summed E-state index contributed by atoms with van der Waals surface area (Å²) in [6.45, 7) is 0.488. The lowest BCUT2D eigenvalue weighted by Gasteiger charge is -2.18. The summed E-state index contributed by atoms with van der Waals surface area (Å²) in [6, 6.07) is 7.62. The van der Waals surface area contributed by atoms with Gasteiger partial charge < -0.3 is 10.0 Å². The molecule has 0 aliphatic carbocycles. The van der Waals surface area contributed by atoms with E-state index in [1.807, 2.05) is 17.5 Å². The Morgan fingerprint density at radius 1 is 1.45 bits per heavy atom. The molecule has 0 atom stereocenters. The predicted octanol–water partition coefficient (Wildman–Crippen LogP) is 2.99. The first-order chi connectivity index (χ1) is 9.49. The molecular weight excluding hydrogens is 280 g/mol. The minimum atomic E-state index is -1.11. The molecule has 20 heavy (non-hydrogen) atoms. The lowest BCUT2D eigenvalue weighted by atomic mass is 10.1. The van der Waals surface area contributed by atoms with Crippen LogP contribution in [0, 0.1) is 10.1 Å². The van der Waals surface area contributed by atoms with Crippen molar-refractivity contribution in [1.82, 2.24) is 0 Å². The Balaban J connectivity index is 2.38. The molecule has 0 radical (unpaired) electrons. The maximum atomic E-state index is 11.0. The quantitative estimate of drug-likeness (QED) is 0.676. The van der Waals surface area contributed by atoms with Gasteiger partial charge in [-0.1, -0.05) is 6.07 Å². The van der Waals surface area contributed by atoms with Gasteiger partial charge in [0.05, 0.1) is 17.0 Å². The van der Waals surface area contributed by atoms with Crippen LogP contribution in [0.15, 0.2) is 35.7 Å². The molecule has 0 unspecified atom stereocenters. The summed E-state index contributed by atoms with van der Waals surface area (Å²) in [4.78, 5) is 24.2. The Labute approximate surface area is 119 Å². The van der Waals surface area contributed by atoms with E-state index in [9.17, 15) is 14.9 Å². The average molecular weight is 292 g/mol. The number of carboxylic acids is 1. The first-order valence-electron chi connectivity index (χ1n) is 5.74. The van der Waals surface area contributed by atoms with E-state index in [-0.39, 0.29) is 11.3 Å². The third kappa shape index (κ3) is 2.94. The second-order valence-corrected chi connectivity index (χ2v) is 5.23. The fourth-order valence-electron chi connectivity index (χ4n) is 1.84. The van der Waals surface area contributed by atoms with Crippen LogP contribution < -0.4 is 4.90 Å². The molecule has 0 aliphatic rings. The fraction of sp³-hybridized carbons (Fsp3) is 0.154. The second kappa shape index (κ2) is 5.70. The van der Waals surface area contributed by atoms with Crippen molar-refractivity contribution < 1.29 is 14.8 Å². The summed E-state index contributed by atoms with van der Waals surface area (Å²) in [5, 5.41) is 22.0. The predicted molar refractivity (Wildman–Crippen MR) is 76.5 cm³/mol. The molecule has 0 saturated heterocycles. The maximum Gasteiger partial charge on any atom is 0.335 e. The van der Waals surface area contributed by atoms with Gasteiger partial charge in [-0.3, -0.25) is 10.1 Å². The monoisotopic (exact) mass is 292 g/mol. The molecule has 0 saturated carbocycles. The van der Waals surface area contributed by atoms with Crippen LogP contribution in [0.5, 0.6) is 0 Å². The Bertz CT molecular complexity index is 640. The number of nitrogens with zero attached hydrogens (tertiary/aromatic N) is 2. The number of benzene rings is 1. The van der Waals surface area contributed by atoms with Gasteiger partial charge in [-0.25, -0.2) is 4.79 Å². The number of hydrogen-bond acceptors (Lipinski definition) is 5. The highest BCUT2D eigenvalue weighted by molar-refractivity contribution is 7.09. The lowest BCUT2D eigenvalue weighted by Crippen LogP contribution is -2.17. The van der Waals surface area contributed by atoms with Crippen molar-refractivity contribution in [3.05, 3.63) is 56.3 Å². The van der Waals surface area contributed by atoms with Gasteiger partial charge in [0.2, 0.25) is 0 Å². The van der Waals surface area contributed by atoms with Gasteiger partial charge in [0.15, 0.2) is 0 Å². The van der Waals surface area contributed by atoms with Crippen molar-refractivity contribution in [3.8, 4) is 0 Å². The summed E-state index contributed by atoms with van der Waals surface area (Å²) in [7, 11) is 1.70. The van der Waals surface area contributed by atoms with Crippen molar-refractivity contribution in [3.63, 3.8) is 0 Å². The molecule has 1 aromatic carbocycles. The third-order valence-corrected chi connectivity index (χ3v) is 3.66. The van der Waals surface area contributed by atoms with E-state index < -0.39 is 10.9 Å². The molecule has 7 heteroatoms. The summed E-state index contributed by atoms with van der Waals surface area (Å²) in [5.74, 6) is -1.11. The number of hydrogen-bond donors (Lipinski definition) is 1. The third-order valence-electron chi connectivity index (χ3n) is 2.80. The Kier molecular flexibility index (Phi) is 3.99. The van der Waals surface area contributed by atoms with Crippen LogP contribution in [0.25, 0.3) is 0 Å². The molecule has 0 spiro atoms. The van der Waals surface area contributed by atoms with Crippen molar-refractivity contribution >= 4 is 28.7 Å². The number of rotatable bonds is 5. The van der Waals surface area contributed by atoms with Gasteiger partial charge in [0.25, 0.3) is 5.69 Å². The van der Waals surface area contributed by atoms with Gasteiger partial charge in [-0.2, -0.15) is 0 Å². The second-order valence-electron chi connectivity index (χ2n) is 4.20. The molecule has 104 valence electrons. The van der Waals surface area contributed by atoms with Crippen LogP contribution in [0.1, 0.15) is 15.2 Å². The van der Waals surface area contributed by atoms with Gasteiger partial charge >= 0.3 is 5.97 Å². The van der Waals surface area contributed by atoms with E-state index in [1.54, 1.807) is 23.3 Å². The van der Waals surface area contributed by atoms with Gasteiger partial charge in [-0.15, -0.1) is 11.3 Å². The molecule has 1 N–H and O–H groups in total.